The molecule has 148 valence electrons. The van der Waals surface area contributed by atoms with Gasteiger partial charge in [-0.25, -0.2) is 4.79 Å². The standard InChI is InChI=1S/C24H24N2O3/c1-17(26-15-13-22(29-24(26)28)20-6-4-3-5-7-20)18-8-10-19(11-9-18)21-12-14-25(2)23(27)16-21/h3-12,14,16-17,22H,13,15H2,1-2H3/t17?,22-/m0/s1. The van der Waals surface area contributed by atoms with Crippen molar-refractivity contribution in [2.24, 2.45) is 7.05 Å². The van der Waals surface area contributed by atoms with Crippen molar-refractivity contribution < 1.29 is 9.53 Å². The van der Waals surface area contributed by atoms with Crippen molar-refractivity contribution in [1.82, 2.24) is 9.47 Å². The van der Waals surface area contributed by atoms with E-state index in [1.807, 2.05) is 67.6 Å². The minimum absolute atomic E-state index is 0.0380. The van der Waals surface area contributed by atoms with Crippen LogP contribution in [0, 0.1) is 0 Å². The number of ether oxygens (including phenoxy) is 1. The van der Waals surface area contributed by atoms with Crippen molar-refractivity contribution in [2.45, 2.75) is 25.5 Å². The third-order valence-corrected chi connectivity index (χ3v) is 5.58. The number of nitrogens with zero attached hydrogens (tertiary/aromatic N) is 2. The minimum atomic E-state index is -0.284. The Hall–Kier alpha value is -3.34. The number of carbonyl (C=O) groups excluding carboxylic acids is 1. The van der Waals surface area contributed by atoms with Crippen LogP contribution in [0.2, 0.25) is 0 Å². The first kappa shape index (κ1) is 19.0. The van der Waals surface area contributed by atoms with Gasteiger partial charge in [-0.3, -0.25) is 4.79 Å². The molecule has 5 nitrogen and oxygen atoms in total. The van der Waals surface area contributed by atoms with Crippen molar-refractivity contribution in [2.75, 3.05) is 6.54 Å². The molecule has 2 heterocycles. The van der Waals surface area contributed by atoms with E-state index in [1.165, 1.54) is 0 Å². The lowest BCUT2D eigenvalue weighted by molar-refractivity contribution is 0.0123. The predicted molar refractivity (Wildman–Crippen MR) is 113 cm³/mol. The Morgan fingerprint density at radius 1 is 0.966 bits per heavy atom. The van der Waals surface area contributed by atoms with Gasteiger partial charge < -0.3 is 14.2 Å². The maximum Gasteiger partial charge on any atom is 0.410 e. The summed E-state index contributed by atoms with van der Waals surface area (Å²) in [4.78, 5) is 26.3. The Bertz CT molecular complexity index is 1060. The Labute approximate surface area is 170 Å². The van der Waals surface area contributed by atoms with Crippen molar-refractivity contribution in [3.63, 3.8) is 0 Å². The largest absolute Gasteiger partial charge is 0.441 e. The molecule has 1 unspecified atom stereocenters. The molecule has 29 heavy (non-hydrogen) atoms. The van der Waals surface area contributed by atoms with Crippen LogP contribution >= 0.6 is 0 Å². The second-order valence-electron chi connectivity index (χ2n) is 7.43. The minimum Gasteiger partial charge on any atom is -0.441 e. The smallest absolute Gasteiger partial charge is 0.410 e. The molecule has 0 N–H and O–H groups in total. The topological polar surface area (TPSA) is 51.5 Å². The lowest BCUT2D eigenvalue weighted by atomic mass is 10.00. The Morgan fingerprint density at radius 2 is 1.69 bits per heavy atom. The molecule has 1 aromatic heterocycles. The molecule has 0 saturated carbocycles. The number of hydrogen-bond donors (Lipinski definition) is 0. The number of pyridine rings is 1. The number of aromatic nitrogens is 1. The number of rotatable bonds is 4. The van der Waals surface area contributed by atoms with Crippen LogP contribution in [-0.4, -0.2) is 22.1 Å². The third kappa shape index (κ3) is 3.94. The molecular formula is C24H24N2O3. The van der Waals surface area contributed by atoms with Gasteiger partial charge in [0.1, 0.15) is 6.10 Å². The summed E-state index contributed by atoms with van der Waals surface area (Å²) in [6, 6.07) is 21.3. The molecule has 0 radical (unpaired) electrons. The summed E-state index contributed by atoms with van der Waals surface area (Å²) in [5, 5.41) is 0. The first-order valence-corrected chi connectivity index (χ1v) is 9.82. The second-order valence-corrected chi connectivity index (χ2v) is 7.43. The van der Waals surface area contributed by atoms with Crippen LogP contribution in [0.25, 0.3) is 11.1 Å². The molecule has 1 fully saturated rings. The zero-order valence-corrected chi connectivity index (χ0v) is 16.6. The molecule has 1 aliphatic rings. The van der Waals surface area contributed by atoms with Gasteiger partial charge in [0.2, 0.25) is 0 Å². The molecule has 0 spiro atoms. The lowest BCUT2D eigenvalue weighted by Gasteiger charge is -2.36. The Balaban J connectivity index is 1.47. The summed E-state index contributed by atoms with van der Waals surface area (Å²) in [5.41, 5.74) is 3.89. The number of amides is 1. The molecule has 4 rings (SSSR count). The summed E-state index contributed by atoms with van der Waals surface area (Å²) in [6.45, 7) is 2.66. The monoisotopic (exact) mass is 388 g/mol. The molecule has 5 heteroatoms. The van der Waals surface area contributed by atoms with Crippen molar-refractivity contribution in [3.05, 3.63) is 94.4 Å². The fraction of sp³-hybridized carbons (Fsp3) is 0.250. The molecular weight excluding hydrogens is 364 g/mol. The summed E-state index contributed by atoms with van der Waals surface area (Å²) in [7, 11) is 1.73. The third-order valence-electron chi connectivity index (χ3n) is 5.58. The van der Waals surface area contributed by atoms with Crippen LogP contribution in [0.4, 0.5) is 4.79 Å². The molecule has 1 amide bonds. The van der Waals surface area contributed by atoms with E-state index >= 15 is 0 Å². The average Bonchev–Trinajstić information content (AvgIpc) is 2.76. The van der Waals surface area contributed by atoms with Gasteiger partial charge in [0.05, 0.1) is 6.04 Å². The van der Waals surface area contributed by atoms with Crippen LogP contribution in [0.15, 0.2) is 77.7 Å². The van der Waals surface area contributed by atoms with Gasteiger partial charge in [-0.05, 0) is 35.2 Å². The lowest BCUT2D eigenvalue weighted by Crippen LogP contribution is -2.40. The summed E-state index contributed by atoms with van der Waals surface area (Å²) in [5.74, 6) is 0. The summed E-state index contributed by atoms with van der Waals surface area (Å²) < 4.78 is 7.24. The van der Waals surface area contributed by atoms with Crippen molar-refractivity contribution in [1.29, 1.82) is 0 Å². The number of aryl methyl sites for hydroxylation is 1. The second kappa shape index (κ2) is 7.95. The molecule has 3 aromatic rings. The molecule has 0 aliphatic carbocycles. The van der Waals surface area contributed by atoms with E-state index < -0.39 is 0 Å². The summed E-state index contributed by atoms with van der Waals surface area (Å²) >= 11 is 0. The van der Waals surface area contributed by atoms with E-state index in [4.69, 9.17) is 4.74 Å². The average molecular weight is 388 g/mol. The number of hydrogen-bond acceptors (Lipinski definition) is 3. The highest BCUT2D eigenvalue weighted by Gasteiger charge is 2.31. The molecule has 2 aromatic carbocycles. The zero-order chi connectivity index (χ0) is 20.4. The van der Waals surface area contributed by atoms with E-state index in [2.05, 4.69) is 0 Å². The number of carbonyl (C=O) groups is 1. The molecule has 1 saturated heterocycles. The quantitative estimate of drug-likeness (QED) is 0.651. The van der Waals surface area contributed by atoms with Crippen LogP contribution in [0.3, 0.4) is 0 Å². The van der Waals surface area contributed by atoms with Crippen molar-refractivity contribution in [3.8, 4) is 11.1 Å². The SMILES string of the molecule is CC(c1ccc(-c2ccn(C)c(=O)c2)cc1)N1CC[C@@H](c2ccccc2)OC1=O. The Kier molecular flexibility index (Phi) is 5.21. The maximum atomic E-state index is 12.6. The first-order valence-electron chi connectivity index (χ1n) is 9.82. The van der Waals surface area contributed by atoms with Gasteiger partial charge in [0.25, 0.3) is 5.56 Å². The van der Waals surface area contributed by atoms with E-state index in [0.29, 0.717) is 6.54 Å². The fourth-order valence-electron chi connectivity index (χ4n) is 3.71. The predicted octanol–water partition coefficient (Wildman–Crippen LogP) is 4.70. The zero-order valence-electron chi connectivity index (χ0n) is 16.6. The van der Waals surface area contributed by atoms with Gasteiger partial charge in [-0.1, -0.05) is 54.6 Å². The van der Waals surface area contributed by atoms with E-state index in [0.717, 1.165) is 28.7 Å². The van der Waals surface area contributed by atoms with E-state index in [1.54, 1.807) is 28.8 Å². The highest BCUT2D eigenvalue weighted by Crippen LogP contribution is 2.32. The van der Waals surface area contributed by atoms with Crippen molar-refractivity contribution >= 4 is 6.09 Å². The Morgan fingerprint density at radius 3 is 2.34 bits per heavy atom. The number of cyclic esters (lactones) is 1. The molecule has 0 bridgehead atoms. The van der Waals surface area contributed by atoms with Gasteiger partial charge in [0.15, 0.2) is 0 Å². The normalized spacial score (nSPS) is 17.7. The maximum absolute atomic E-state index is 12.6. The van der Waals surface area contributed by atoms with Crippen LogP contribution in [-0.2, 0) is 11.8 Å². The molecule has 2 atom stereocenters. The highest BCUT2D eigenvalue weighted by molar-refractivity contribution is 5.70. The van der Waals surface area contributed by atoms with E-state index in [9.17, 15) is 9.59 Å². The first-order chi connectivity index (χ1) is 14.0. The van der Waals surface area contributed by atoms with Crippen LogP contribution < -0.4 is 5.56 Å². The van der Waals surface area contributed by atoms with Gasteiger partial charge in [-0.2, -0.15) is 0 Å². The van der Waals surface area contributed by atoms with Crippen LogP contribution in [0.1, 0.15) is 36.6 Å². The van der Waals surface area contributed by atoms with E-state index in [-0.39, 0.29) is 23.8 Å². The van der Waals surface area contributed by atoms with Gasteiger partial charge in [-0.15, -0.1) is 0 Å². The molecule has 1 aliphatic heterocycles. The highest BCUT2D eigenvalue weighted by atomic mass is 16.6. The van der Waals surface area contributed by atoms with Gasteiger partial charge >= 0.3 is 6.09 Å². The number of benzene rings is 2. The summed E-state index contributed by atoms with van der Waals surface area (Å²) in [6.07, 6.45) is 2.07. The van der Waals surface area contributed by atoms with Gasteiger partial charge in [0, 0.05) is 32.3 Å². The fourth-order valence-corrected chi connectivity index (χ4v) is 3.71. The van der Waals surface area contributed by atoms with Crippen LogP contribution in [0.5, 0.6) is 0 Å².